The number of Topliss-reactive ketones (excluding diaryl/α,β-unsaturated/α-hetero) is 1. The van der Waals surface area contributed by atoms with Crippen molar-refractivity contribution in [1.82, 2.24) is 0 Å². The zero-order valence-electron chi connectivity index (χ0n) is 10.9. The van der Waals surface area contributed by atoms with Crippen molar-refractivity contribution < 1.29 is 14.3 Å². The van der Waals surface area contributed by atoms with E-state index in [2.05, 4.69) is 6.92 Å². The number of hydrogen-bond donors (Lipinski definition) is 1. The molecule has 2 rings (SSSR count). The van der Waals surface area contributed by atoms with Crippen LogP contribution in [0.2, 0.25) is 5.02 Å². The Hall–Kier alpha value is -1.10. The van der Waals surface area contributed by atoms with E-state index in [9.17, 15) is 4.79 Å². The number of halogens is 1. The molecule has 0 aromatic heterocycles. The number of benzene rings is 1. The Morgan fingerprint density at radius 1 is 1.53 bits per heavy atom. The van der Waals surface area contributed by atoms with Gasteiger partial charge in [0.05, 0.1) is 24.8 Å². The highest BCUT2D eigenvalue weighted by molar-refractivity contribution is 6.32. The molecule has 1 aliphatic rings. The quantitative estimate of drug-likeness (QED) is 0.814. The molecule has 1 aliphatic heterocycles. The third-order valence-electron chi connectivity index (χ3n) is 3.10. The van der Waals surface area contributed by atoms with Crippen molar-refractivity contribution in [3.05, 3.63) is 28.8 Å². The van der Waals surface area contributed by atoms with E-state index >= 15 is 0 Å². The molecule has 19 heavy (non-hydrogen) atoms. The SMILES string of the molecule is CC1(COc2ccc(C(=O)CCN)cc2Cl)COC1. The van der Waals surface area contributed by atoms with Crippen LogP contribution >= 0.6 is 11.6 Å². The highest BCUT2D eigenvalue weighted by atomic mass is 35.5. The van der Waals surface area contributed by atoms with Gasteiger partial charge in [0, 0.05) is 17.4 Å². The van der Waals surface area contributed by atoms with Crippen molar-refractivity contribution in [2.75, 3.05) is 26.4 Å². The van der Waals surface area contributed by atoms with Crippen LogP contribution in [0.1, 0.15) is 23.7 Å². The molecule has 104 valence electrons. The van der Waals surface area contributed by atoms with E-state index in [1.807, 2.05) is 0 Å². The van der Waals surface area contributed by atoms with Gasteiger partial charge in [0.15, 0.2) is 5.78 Å². The van der Waals surface area contributed by atoms with Gasteiger partial charge in [0.25, 0.3) is 0 Å². The summed E-state index contributed by atoms with van der Waals surface area (Å²) in [5, 5.41) is 0.451. The van der Waals surface area contributed by atoms with Gasteiger partial charge in [-0.1, -0.05) is 18.5 Å². The summed E-state index contributed by atoms with van der Waals surface area (Å²) in [6, 6.07) is 5.09. The molecule has 1 saturated heterocycles. The van der Waals surface area contributed by atoms with Crippen LogP contribution in [0.15, 0.2) is 18.2 Å². The monoisotopic (exact) mass is 283 g/mol. The first-order valence-corrected chi connectivity index (χ1v) is 6.65. The number of nitrogens with two attached hydrogens (primary N) is 1. The highest BCUT2D eigenvalue weighted by Crippen LogP contribution is 2.31. The Morgan fingerprint density at radius 2 is 2.26 bits per heavy atom. The van der Waals surface area contributed by atoms with Crippen LogP contribution in [0.25, 0.3) is 0 Å². The summed E-state index contributed by atoms with van der Waals surface area (Å²) >= 11 is 6.12. The van der Waals surface area contributed by atoms with E-state index in [1.54, 1.807) is 18.2 Å². The zero-order chi connectivity index (χ0) is 13.9. The molecular formula is C14H18ClNO3. The first-order chi connectivity index (χ1) is 9.04. The van der Waals surface area contributed by atoms with Crippen molar-refractivity contribution in [3.63, 3.8) is 0 Å². The lowest BCUT2D eigenvalue weighted by atomic mass is 9.90. The van der Waals surface area contributed by atoms with E-state index in [1.165, 1.54) is 0 Å². The van der Waals surface area contributed by atoms with Crippen LogP contribution in [0.5, 0.6) is 5.75 Å². The smallest absolute Gasteiger partial charge is 0.164 e. The van der Waals surface area contributed by atoms with Gasteiger partial charge in [-0.25, -0.2) is 0 Å². The summed E-state index contributed by atoms with van der Waals surface area (Å²) in [6.45, 7) is 4.41. The fourth-order valence-corrected chi connectivity index (χ4v) is 2.09. The molecule has 0 atom stereocenters. The Morgan fingerprint density at radius 3 is 2.79 bits per heavy atom. The Kier molecular flexibility index (Phi) is 4.45. The number of carbonyl (C=O) groups is 1. The molecule has 0 saturated carbocycles. The van der Waals surface area contributed by atoms with E-state index < -0.39 is 0 Å². The maximum atomic E-state index is 11.7. The maximum Gasteiger partial charge on any atom is 0.164 e. The minimum atomic E-state index is -0.00435. The maximum absolute atomic E-state index is 11.7. The van der Waals surface area contributed by atoms with E-state index in [4.69, 9.17) is 26.8 Å². The summed E-state index contributed by atoms with van der Waals surface area (Å²) in [5.41, 5.74) is 6.00. The van der Waals surface area contributed by atoms with Gasteiger partial charge in [-0.15, -0.1) is 0 Å². The first-order valence-electron chi connectivity index (χ1n) is 6.27. The van der Waals surface area contributed by atoms with Crippen molar-refractivity contribution >= 4 is 17.4 Å². The molecule has 0 unspecified atom stereocenters. The minimum Gasteiger partial charge on any atom is -0.491 e. The number of hydrogen-bond acceptors (Lipinski definition) is 4. The van der Waals surface area contributed by atoms with Crippen LogP contribution in [-0.4, -0.2) is 32.1 Å². The average molecular weight is 284 g/mol. The Bertz CT molecular complexity index is 472. The van der Waals surface area contributed by atoms with Crippen molar-refractivity contribution in [1.29, 1.82) is 0 Å². The van der Waals surface area contributed by atoms with Crippen molar-refractivity contribution in [2.45, 2.75) is 13.3 Å². The molecule has 0 spiro atoms. The summed E-state index contributed by atoms with van der Waals surface area (Å²) in [6.07, 6.45) is 0.325. The second-order valence-electron chi connectivity index (χ2n) is 5.20. The normalized spacial score (nSPS) is 16.8. The summed E-state index contributed by atoms with van der Waals surface area (Å²) in [4.78, 5) is 11.7. The fraction of sp³-hybridized carbons (Fsp3) is 0.500. The van der Waals surface area contributed by atoms with E-state index in [0.29, 0.717) is 49.1 Å². The van der Waals surface area contributed by atoms with Gasteiger partial charge in [-0.3, -0.25) is 4.79 Å². The number of ketones is 1. The first kappa shape index (κ1) is 14.3. The van der Waals surface area contributed by atoms with Crippen molar-refractivity contribution in [2.24, 2.45) is 11.1 Å². The summed E-state index contributed by atoms with van der Waals surface area (Å²) in [7, 11) is 0. The van der Waals surface area contributed by atoms with Gasteiger partial charge in [0.1, 0.15) is 5.75 Å². The average Bonchev–Trinajstić information content (AvgIpc) is 2.35. The van der Waals surface area contributed by atoms with E-state index in [-0.39, 0.29) is 11.2 Å². The molecule has 1 fully saturated rings. The van der Waals surface area contributed by atoms with Gasteiger partial charge >= 0.3 is 0 Å². The van der Waals surface area contributed by atoms with Crippen LogP contribution < -0.4 is 10.5 Å². The summed E-state index contributed by atoms with van der Waals surface area (Å²) in [5.74, 6) is 0.592. The lowest BCUT2D eigenvalue weighted by Crippen LogP contribution is -2.44. The van der Waals surface area contributed by atoms with Gasteiger partial charge in [-0.2, -0.15) is 0 Å². The van der Waals surface area contributed by atoms with Crippen LogP contribution in [0, 0.1) is 5.41 Å². The second-order valence-corrected chi connectivity index (χ2v) is 5.61. The number of ether oxygens (including phenoxy) is 2. The van der Waals surface area contributed by atoms with Crippen LogP contribution in [-0.2, 0) is 4.74 Å². The summed E-state index contributed by atoms with van der Waals surface area (Å²) < 4.78 is 10.9. The van der Waals surface area contributed by atoms with Crippen LogP contribution in [0.3, 0.4) is 0 Å². The van der Waals surface area contributed by atoms with Crippen molar-refractivity contribution in [3.8, 4) is 5.75 Å². The third-order valence-corrected chi connectivity index (χ3v) is 3.40. The van der Waals surface area contributed by atoms with E-state index in [0.717, 1.165) is 0 Å². The molecule has 0 aliphatic carbocycles. The Balaban J connectivity index is 2.00. The number of carbonyl (C=O) groups excluding carboxylic acids is 1. The van der Waals surface area contributed by atoms with Gasteiger partial charge in [0.2, 0.25) is 0 Å². The zero-order valence-corrected chi connectivity index (χ0v) is 11.7. The predicted molar refractivity (Wildman–Crippen MR) is 73.9 cm³/mol. The Labute approximate surface area is 117 Å². The van der Waals surface area contributed by atoms with Gasteiger partial charge < -0.3 is 15.2 Å². The molecule has 4 nitrogen and oxygen atoms in total. The lowest BCUT2D eigenvalue weighted by Gasteiger charge is -2.37. The third kappa shape index (κ3) is 3.47. The highest BCUT2D eigenvalue weighted by Gasteiger charge is 2.34. The molecule has 5 heteroatoms. The molecule has 0 bridgehead atoms. The minimum absolute atomic E-state index is 0.00435. The molecule has 2 N–H and O–H groups in total. The van der Waals surface area contributed by atoms with Gasteiger partial charge in [-0.05, 0) is 24.7 Å². The molecule has 0 amide bonds. The molecular weight excluding hydrogens is 266 g/mol. The largest absolute Gasteiger partial charge is 0.491 e. The molecule has 0 radical (unpaired) electrons. The molecule has 1 aromatic carbocycles. The number of rotatable bonds is 6. The molecule has 1 aromatic rings. The predicted octanol–water partition coefficient (Wildman–Crippen LogP) is 2.29. The molecule has 1 heterocycles. The topological polar surface area (TPSA) is 61.5 Å². The lowest BCUT2D eigenvalue weighted by molar-refractivity contribution is -0.120. The van der Waals surface area contributed by atoms with Crippen LogP contribution in [0.4, 0.5) is 0 Å². The standard InChI is InChI=1S/C14H18ClNO3/c1-14(7-18-8-14)9-19-13-3-2-10(6-11(13)15)12(17)4-5-16/h2-3,6H,4-5,7-9,16H2,1H3. The fourth-order valence-electron chi connectivity index (χ4n) is 1.85. The second kappa shape index (κ2) is 5.90.